The lowest BCUT2D eigenvalue weighted by molar-refractivity contribution is -0.137. The van der Waals surface area contributed by atoms with E-state index in [9.17, 15) is 21.6 Å². The molecule has 1 fully saturated rings. The Morgan fingerprint density at radius 2 is 1.82 bits per heavy atom. The summed E-state index contributed by atoms with van der Waals surface area (Å²) < 4.78 is 60.8. The van der Waals surface area contributed by atoms with Crippen molar-refractivity contribution in [2.75, 3.05) is 18.9 Å². The minimum absolute atomic E-state index is 0.155. The summed E-state index contributed by atoms with van der Waals surface area (Å²) in [6.45, 7) is -1.56. The van der Waals surface area contributed by atoms with Crippen LogP contribution < -0.4 is 0 Å². The van der Waals surface area contributed by atoms with Crippen LogP contribution in [-0.2, 0) is 10.0 Å². The molecule has 4 nitrogen and oxygen atoms in total. The topological polar surface area (TPSA) is 57.6 Å². The third-order valence-electron chi connectivity index (χ3n) is 2.46. The van der Waals surface area contributed by atoms with Crippen molar-refractivity contribution in [1.82, 2.24) is 4.31 Å². The molecule has 1 N–H and O–H groups in total. The average molecular weight is 275 g/mol. The molecule has 0 bridgehead atoms. The van der Waals surface area contributed by atoms with Gasteiger partial charge in [-0.2, -0.15) is 17.5 Å². The van der Waals surface area contributed by atoms with Crippen molar-refractivity contribution in [2.24, 2.45) is 0 Å². The predicted molar refractivity (Wildman–Crippen MR) is 55.9 cm³/mol. The summed E-state index contributed by atoms with van der Waals surface area (Å²) in [5.74, 6) is -0.333. The first-order valence-corrected chi connectivity index (χ1v) is 7.04. The number of aliphatic hydroxyl groups is 1. The highest BCUT2D eigenvalue weighted by atomic mass is 32.2. The van der Waals surface area contributed by atoms with E-state index < -0.39 is 28.8 Å². The van der Waals surface area contributed by atoms with Gasteiger partial charge < -0.3 is 5.11 Å². The highest BCUT2D eigenvalue weighted by Gasteiger charge is 2.43. The van der Waals surface area contributed by atoms with Crippen LogP contribution in [0.1, 0.15) is 25.7 Å². The molecule has 8 heteroatoms. The smallest absolute Gasteiger partial charge is 0.396 e. The van der Waals surface area contributed by atoms with Crippen LogP contribution in [0.15, 0.2) is 0 Å². The van der Waals surface area contributed by atoms with Crippen LogP contribution in [0, 0.1) is 0 Å². The van der Waals surface area contributed by atoms with Gasteiger partial charge in [0.25, 0.3) is 0 Å². The quantitative estimate of drug-likeness (QED) is 0.708. The molecule has 0 aromatic carbocycles. The number of halogens is 3. The van der Waals surface area contributed by atoms with Crippen LogP contribution in [0.3, 0.4) is 0 Å². The van der Waals surface area contributed by atoms with Crippen LogP contribution in [0.25, 0.3) is 0 Å². The second kappa shape index (κ2) is 5.53. The molecule has 1 saturated carbocycles. The SMILES string of the molecule is O=S(=O)(CCCCO)N(CC(F)(F)F)C1CC1. The zero-order chi connectivity index (χ0) is 13.1. The maximum atomic E-state index is 12.3. The molecule has 0 radical (unpaired) electrons. The van der Waals surface area contributed by atoms with Gasteiger partial charge in [-0.05, 0) is 25.7 Å². The van der Waals surface area contributed by atoms with E-state index in [2.05, 4.69) is 0 Å². The summed E-state index contributed by atoms with van der Waals surface area (Å²) in [4.78, 5) is 0. The molecule has 102 valence electrons. The van der Waals surface area contributed by atoms with Gasteiger partial charge in [0.05, 0.1) is 5.75 Å². The van der Waals surface area contributed by atoms with Gasteiger partial charge in [-0.1, -0.05) is 0 Å². The van der Waals surface area contributed by atoms with Crippen molar-refractivity contribution in [2.45, 2.75) is 37.9 Å². The van der Waals surface area contributed by atoms with E-state index in [-0.39, 0.29) is 25.2 Å². The number of unbranched alkanes of at least 4 members (excludes halogenated alkanes) is 1. The molecule has 0 saturated heterocycles. The summed E-state index contributed by atoms with van der Waals surface area (Å²) in [5.41, 5.74) is 0. The molecule has 1 aliphatic carbocycles. The van der Waals surface area contributed by atoms with Crippen LogP contribution in [-0.4, -0.2) is 49.0 Å². The molecule has 17 heavy (non-hydrogen) atoms. The largest absolute Gasteiger partial charge is 0.402 e. The Labute approximate surface area is 98.5 Å². The van der Waals surface area contributed by atoms with Crippen LogP contribution in [0.2, 0.25) is 0 Å². The van der Waals surface area contributed by atoms with Gasteiger partial charge in [-0.3, -0.25) is 0 Å². The fourth-order valence-corrected chi connectivity index (χ4v) is 3.32. The van der Waals surface area contributed by atoms with E-state index in [0.717, 1.165) is 0 Å². The Morgan fingerprint density at radius 3 is 2.24 bits per heavy atom. The Morgan fingerprint density at radius 1 is 1.24 bits per heavy atom. The normalized spacial score (nSPS) is 17.7. The van der Waals surface area contributed by atoms with Crippen molar-refractivity contribution in [3.05, 3.63) is 0 Å². The Hall–Kier alpha value is -0.340. The third kappa shape index (κ3) is 5.22. The number of nitrogens with zero attached hydrogens (tertiary/aromatic N) is 1. The molecule has 0 aliphatic heterocycles. The van der Waals surface area contributed by atoms with Crippen LogP contribution >= 0.6 is 0 Å². The maximum Gasteiger partial charge on any atom is 0.402 e. The summed E-state index contributed by atoms with van der Waals surface area (Å²) in [5, 5.41) is 8.52. The lowest BCUT2D eigenvalue weighted by Gasteiger charge is -2.23. The molecular weight excluding hydrogens is 259 g/mol. The second-order valence-corrected chi connectivity index (χ2v) is 6.18. The van der Waals surface area contributed by atoms with E-state index in [1.54, 1.807) is 0 Å². The molecule has 0 aromatic heterocycles. The van der Waals surface area contributed by atoms with Gasteiger partial charge in [-0.25, -0.2) is 8.42 Å². The molecule has 0 aromatic rings. The van der Waals surface area contributed by atoms with Crippen molar-refractivity contribution in [3.63, 3.8) is 0 Å². The van der Waals surface area contributed by atoms with Gasteiger partial charge in [0.1, 0.15) is 6.54 Å². The number of sulfonamides is 1. The highest BCUT2D eigenvalue weighted by molar-refractivity contribution is 7.89. The molecular formula is C9H16F3NO3S. The Balaban J connectivity index is 2.62. The molecule has 0 atom stereocenters. The van der Waals surface area contributed by atoms with Gasteiger partial charge >= 0.3 is 6.18 Å². The Bertz CT molecular complexity index is 338. The predicted octanol–water partition coefficient (Wildman–Crippen LogP) is 1.12. The zero-order valence-electron chi connectivity index (χ0n) is 9.28. The number of aliphatic hydroxyl groups excluding tert-OH is 1. The monoisotopic (exact) mass is 275 g/mol. The van der Waals surface area contributed by atoms with Crippen molar-refractivity contribution < 1.29 is 26.7 Å². The highest BCUT2D eigenvalue weighted by Crippen LogP contribution is 2.32. The maximum absolute atomic E-state index is 12.3. The number of hydrogen-bond donors (Lipinski definition) is 1. The first-order chi connectivity index (χ1) is 7.76. The fourth-order valence-electron chi connectivity index (χ4n) is 1.51. The van der Waals surface area contributed by atoms with Crippen LogP contribution in [0.4, 0.5) is 13.2 Å². The number of alkyl halides is 3. The minimum Gasteiger partial charge on any atom is -0.396 e. The average Bonchev–Trinajstić information content (AvgIpc) is 2.96. The van der Waals surface area contributed by atoms with E-state index in [0.29, 0.717) is 17.1 Å². The summed E-state index contributed by atoms with van der Waals surface area (Å²) in [7, 11) is -3.86. The lowest BCUT2D eigenvalue weighted by Crippen LogP contribution is -2.41. The Kier molecular flexibility index (Phi) is 4.79. The van der Waals surface area contributed by atoms with Gasteiger partial charge in [0, 0.05) is 12.6 Å². The molecule has 0 amide bonds. The number of rotatable bonds is 7. The number of hydrogen-bond acceptors (Lipinski definition) is 3. The van der Waals surface area contributed by atoms with Crippen LogP contribution in [0.5, 0.6) is 0 Å². The lowest BCUT2D eigenvalue weighted by atomic mass is 10.4. The molecule has 1 aliphatic rings. The fraction of sp³-hybridized carbons (Fsp3) is 1.00. The van der Waals surface area contributed by atoms with E-state index in [4.69, 9.17) is 5.11 Å². The van der Waals surface area contributed by atoms with Crippen molar-refractivity contribution in [1.29, 1.82) is 0 Å². The van der Waals surface area contributed by atoms with Gasteiger partial charge in [0.2, 0.25) is 10.0 Å². The zero-order valence-corrected chi connectivity index (χ0v) is 10.1. The summed E-state index contributed by atoms with van der Waals surface area (Å²) >= 11 is 0. The molecule has 0 unspecified atom stereocenters. The molecule has 1 rings (SSSR count). The van der Waals surface area contributed by atoms with E-state index in [1.807, 2.05) is 0 Å². The molecule has 0 spiro atoms. The van der Waals surface area contributed by atoms with Crippen molar-refractivity contribution in [3.8, 4) is 0 Å². The third-order valence-corrected chi connectivity index (χ3v) is 4.40. The van der Waals surface area contributed by atoms with Crippen molar-refractivity contribution >= 4 is 10.0 Å². The summed E-state index contributed by atoms with van der Waals surface area (Å²) in [6.07, 6.45) is -3.05. The standard InChI is InChI=1S/C9H16F3NO3S/c10-9(11,12)7-13(8-3-4-8)17(15,16)6-2-1-5-14/h8,14H,1-7H2. The van der Waals surface area contributed by atoms with E-state index >= 15 is 0 Å². The van der Waals surface area contributed by atoms with E-state index in [1.165, 1.54) is 0 Å². The van der Waals surface area contributed by atoms with Gasteiger partial charge in [0.15, 0.2) is 0 Å². The molecule has 0 heterocycles. The first kappa shape index (κ1) is 14.7. The summed E-state index contributed by atoms with van der Waals surface area (Å²) in [6, 6.07) is -0.490. The second-order valence-electron chi connectivity index (χ2n) is 4.14. The minimum atomic E-state index is -4.51. The van der Waals surface area contributed by atoms with Gasteiger partial charge in [-0.15, -0.1) is 0 Å². The first-order valence-electron chi connectivity index (χ1n) is 5.43.